The Bertz CT molecular complexity index is 829. The molecule has 27 heavy (non-hydrogen) atoms. The molecule has 0 aliphatic carbocycles. The van der Waals surface area contributed by atoms with E-state index in [9.17, 15) is 24.5 Å². The van der Waals surface area contributed by atoms with Crippen LogP contribution >= 0.6 is 11.8 Å². The minimum atomic E-state index is -0.692. The van der Waals surface area contributed by atoms with Gasteiger partial charge in [-0.15, -0.1) is 11.8 Å². The number of hydrogen-bond donors (Lipinski definition) is 1. The summed E-state index contributed by atoms with van der Waals surface area (Å²) in [5.41, 5.74) is 0.776. The number of nitrogens with one attached hydrogen (secondary N) is 1. The van der Waals surface area contributed by atoms with Crippen LogP contribution in [0.4, 0.5) is 11.4 Å². The number of thioether (sulfide) groups is 1. The fourth-order valence-electron chi connectivity index (χ4n) is 3.27. The van der Waals surface area contributed by atoms with Crippen molar-refractivity contribution in [3.63, 3.8) is 0 Å². The number of non-ortho nitro benzene ring substituents is 1. The Labute approximate surface area is 159 Å². The first-order chi connectivity index (χ1) is 12.7. The van der Waals surface area contributed by atoms with Crippen LogP contribution < -0.4 is 5.32 Å². The van der Waals surface area contributed by atoms with E-state index in [2.05, 4.69) is 5.32 Å². The number of nitro groups is 1. The number of aryl methyl sites for hydroxylation is 1. The third kappa shape index (κ3) is 3.75. The standard InChI is InChI=1S/C17H19N3O6S/c1-10-3-4-11(20(24)25)7-12(10)18-14(21)8-26-16(23)13-9-27-17(2)6-5-15(22)19(13)17/h3-4,7,13H,5-6,8-9H2,1-2H3,(H,18,21)/t13-,17+/m1/s1. The lowest BCUT2D eigenvalue weighted by Gasteiger charge is -2.29. The quantitative estimate of drug-likeness (QED) is 0.460. The van der Waals surface area contributed by atoms with Gasteiger partial charge in [0.1, 0.15) is 6.04 Å². The molecule has 0 saturated carbocycles. The van der Waals surface area contributed by atoms with Gasteiger partial charge in [-0.25, -0.2) is 4.79 Å². The monoisotopic (exact) mass is 393 g/mol. The van der Waals surface area contributed by atoms with Crippen molar-refractivity contribution in [3.8, 4) is 0 Å². The van der Waals surface area contributed by atoms with Crippen LogP contribution in [-0.4, -0.2) is 50.9 Å². The van der Waals surface area contributed by atoms with E-state index in [1.807, 2.05) is 6.92 Å². The predicted octanol–water partition coefficient (Wildman–Crippen LogP) is 1.84. The molecule has 2 fully saturated rings. The largest absolute Gasteiger partial charge is 0.454 e. The SMILES string of the molecule is Cc1ccc([N+](=O)[O-])cc1NC(=O)COC(=O)[C@H]1CS[C@@]2(C)CCC(=O)N12. The number of nitro benzene ring substituents is 1. The minimum absolute atomic E-state index is 0.0823. The number of esters is 1. The molecule has 1 N–H and O–H groups in total. The summed E-state index contributed by atoms with van der Waals surface area (Å²) in [6.07, 6.45) is 1.09. The number of ether oxygens (including phenoxy) is 1. The molecule has 2 aliphatic rings. The number of rotatable bonds is 5. The highest BCUT2D eigenvalue weighted by molar-refractivity contribution is 8.01. The van der Waals surface area contributed by atoms with Gasteiger partial charge in [0.2, 0.25) is 5.91 Å². The van der Waals surface area contributed by atoms with Gasteiger partial charge in [-0.2, -0.15) is 0 Å². The smallest absolute Gasteiger partial charge is 0.330 e. The maximum Gasteiger partial charge on any atom is 0.330 e. The van der Waals surface area contributed by atoms with Crippen LogP contribution in [0.15, 0.2) is 18.2 Å². The van der Waals surface area contributed by atoms with E-state index in [4.69, 9.17) is 4.74 Å². The molecule has 2 amide bonds. The molecule has 9 nitrogen and oxygen atoms in total. The van der Waals surface area contributed by atoms with Gasteiger partial charge in [0, 0.05) is 24.3 Å². The molecule has 3 rings (SSSR count). The third-order valence-electron chi connectivity index (χ3n) is 4.77. The maximum atomic E-state index is 12.3. The summed E-state index contributed by atoms with van der Waals surface area (Å²) in [6, 6.07) is 3.42. The molecule has 2 atom stereocenters. The highest BCUT2D eigenvalue weighted by Gasteiger charge is 2.53. The lowest BCUT2D eigenvalue weighted by molar-refractivity contribution is -0.384. The summed E-state index contributed by atoms with van der Waals surface area (Å²) in [5.74, 6) is -0.867. The molecule has 1 aromatic rings. The average molecular weight is 393 g/mol. The zero-order valence-corrected chi connectivity index (χ0v) is 15.7. The van der Waals surface area contributed by atoms with Crippen LogP contribution in [0.25, 0.3) is 0 Å². The summed E-state index contributed by atoms with van der Waals surface area (Å²) >= 11 is 1.54. The van der Waals surface area contributed by atoms with Crippen molar-refractivity contribution in [1.29, 1.82) is 0 Å². The number of anilines is 1. The van der Waals surface area contributed by atoms with Crippen LogP contribution in [0.1, 0.15) is 25.3 Å². The van der Waals surface area contributed by atoms with Crippen LogP contribution in [0.3, 0.4) is 0 Å². The van der Waals surface area contributed by atoms with Gasteiger partial charge in [0.05, 0.1) is 15.5 Å². The van der Waals surface area contributed by atoms with E-state index in [1.165, 1.54) is 30.0 Å². The molecule has 0 bridgehead atoms. The van der Waals surface area contributed by atoms with Crippen molar-refractivity contribution in [2.24, 2.45) is 0 Å². The van der Waals surface area contributed by atoms with Gasteiger partial charge in [0.25, 0.3) is 11.6 Å². The summed E-state index contributed by atoms with van der Waals surface area (Å²) in [4.78, 5) is 47.9. The van der Waals surface area contributed by atoms with E-state index in [0.29, 0.717) is 24.2 Å². The summed E-state index contributed by atoms with van der Waals surface area (Å²) < 4.78 is 5.09. The topological polar surface area (TPSA) is 119 Å². The zero-order valence-electron chi connectivity index (χ0n) is 14.9. The second-order valence-corrected chi connectivity index (χ2v) is 8.18. The van der Waals surface area contributed by atoms with Crippen molar-refractivity contribution >= 4 is 40.9 Å². The summed E-state index contributed by atoms with van der Waals surface area (Å²) in [7, 11) is 0. The van der Waals surface area contributed by atoms with Crippen molar-refractivity contribution in [2.45, 2.75) is 37.6 Å². The first kappa shape index (κ1) is 19.2. The first-order valence-electron chi connectivity index (χ1n) is 8.39. The summed E-state index contributed by atoms with van der Waals surface area (Å²) in [5, 5.41) is 13.4. The van der Waals surface area contributed by atoms with E-state index in [-0.39, 0.29) is 22.2 Å². The minimum Gasteiger partial charge on any atom is -0.454 e. The Hall–Kier alpha value is -2.62. The lowest BCUT2D eigenvalue weighted by atomic mass is 10.2. The van der Waals surface area contributed by atoms with Gasteiger partial charge >= 0.3 is 5.97 Å². The molecule has 144 valence electrons. The van der Waals surface area contributed by atoms with Crippen LogP contribution in [0, 0.1) is 17.0 Å². The van der Waals surface area contributed by atoms with E-state index in [0.717, 1.165) is 0 Å². The molecule has 1 aromatic carbocycles. The predicted molar refractivity (Wildman–Crippen MR) is 98.2 cm³/mol. The molecule has 10 heteroatoms. The molecule has 2 saturated heterocycles. The lowest BCUT2D eigenvalue weighted by Crippen LogP contribution is -2.47. The van der Waals surface area contributed by atoms with Crippen molar-refractivity contribution in [2.75, 3.05) is 17.7 Å². The van der Waals surface area contributed by atoms with Gasteiger partial charge in [0.15, 0.2) is 6.61 Å². The number of fused-ring (bicyclic) bond motifs is 1. The molecule has 2 heterocycles. The van der Waals surface area contributed by atoms with Crippen molar-refractivity contribution < 1.29 is 24.0 Å². The molecular formula is C17H19N3O6S. The molecule has 0 aromatic heterocycles. The van der Waals surface area contributed by atoms with Crippen LogP contribution in [0.5, 0.6) is 0 Å². The maximum absolute atomic E-state index is 12.3. The number of carbonyl (C=O) groups is 3. The summed E-state index contributed by atoms with van der Waals surface area (Å²) in [6.45, 7) is 3.09. The molecule has 2 aliphatic heterocycles. The number of hydrogen-bond acceptors (Lipinski definition) is 7. The van der Waals surface area contributed by atoms with Crippen LogP contribution in [0.2, 0.25) is 0 Å². The van der Waals surface area contributed by atoms with E-state index >= 15 is 0 Å². The molecule has 0 radical (unpaired) electrons. The normalized spacial score (nSPS) is 23.9. The van der Waals surface area contributed by atoms with Gasteiger partial charge in [-0.3, -0.25) is 19.7 Å². The Morgan fingerprint density at radius 1 is 1.48 bits per heavy atom. The molecular weight excluding hydrogens is 374 g/mol. The van der Waals surface area contributed by atoms with E-state index < -0.39 is 29.4 Å². The number of carbonyl (C=O) groups excluding carboxylic acids is 3. The Morgan fingerprint density at radius 3 is 2.93 bits per heavy atom. The Morgan fingerprint density at radius 2 is 2.22 bits per heavy atom. The Kier molecular flexibility index (Phi) is 5.09. The fraction of sp³-hybridized carbons (Fsp3) is 0.471. The number of nitrogens with zero attached hydrogens (tertiary/aromatic N) is 2. The number of amides is 2. The zero-order chi connectivity index (χ0) is 19.8. The highest BCUT2D eigenvalue weighted by atomic mass is 32.2. The van der Waals surface area contributed by atoms with E-state index in [1.54, 1.807) is 11.8 Å². The molecule has 0 spiro atoms. The van der Waals surface area contributed by atoms with Gasteiger partial charge in [-0.05, 0) is 25.8 Å². The molecule has 0 unspecified atom stereocenters. The second-order valence-electron chi connectivity index (χ2n) is 6.68. The first-order valence-corrected chi connectivity index (χ1v) is 9.37. The van der Waals surface area contributed by atoms with Gasteiger partial charge in [-0.1, -0.05) is 6.07 Å². The highest BCUT2D eigenvalue weighted by Crippen LogP contribution is 2.47. The van der Waals surface area contributed by atoms with Crippen LogP contribution in [-0.2, 0) is 19.1 Å². The van der Waals surface area contributed by atoms with Crippen molar-refractivity contribution in [3.05, 3.63) is 33.9 Å². The fourth-order valence-corrected chi connectivity index (χ4v) is 4.69. The van der Waals surface area contributed by atoms with Gasteiger partial charge < -0.3 is 15.0 Å². The second kappa shape index (κ2) is 7.18. The Balaban J connectivity index is 1.58. The average Bonchev–Trinajstić information content (AvgIpc) is 3.11. The third-order valence-corrected chi connectivity index (χ3v) is 6.27. The van der Waals surface area contributed by atoms with Crippen molar-refractivity contribution in [1.82, 2.24) is 4.90 Å². The number of benzene rings is 1.